The van der Waals surface area contributed by atoms with Crippen molar-refractivity contribution in [2.75, 3.05) is 10.2 Å². The molecule has 0 bridgehead atoms. The van der Waals surface area contributed by atoms with Gasteiger partial charge in [-0.1, -0.05) is 42.5 Å². The average molecular weight is 501 g/mol. The van der Waals surface area contributed by atoms with Crippen molar-refractivity contribution in [3.05, 3.63) is 95.6 Å². The van der Waals surface area contributed by atoms with Crippen molar-refractivity contribution in [2.45, 2.75) is 12.3 Å². The Kier molecular flexibility index (Phi) is 6.87. The largest absolute Gasteiger partial charge is 0.508 e. The van der Waals surface area contributed by atoms with Crippen LogP contribution in [0.5, 0.6) is 5.75 Å². The van der Waals surface area contributed by atoms with Crippen molar-refractivity contribution >= 4 is 40.4 Å². The maximum absolute atomic E-state index is 13.3. The molecule has 0 saturated carbocycles. The molecule has 5 nitrogen and oxygen atoms in total. The zero-order valence-electron chi connectivity index (χ0n) is 15.8. The highest BCUT2D eigenvalue weighted by Crippen LogP contribution is 2.29. The Morgan fingerprint density at radius 2 is 1.59 bits per heavy atom. The molecule has 3 aromatic carbocycles. The Morgan fingerprint density at radius 1 is 0.966 bits per heavy atom. The smallest absolute Gasteiger partial charge is 0.337 e. The minimum atomic E-state index is -0.448. The zero-order chi connectivity index (χ0) is 20.8. The Morgan fingerprint density at radius 3 is 2.17 bits per heavy atom. The molecule has 0 aliphatic rings. The fourth-order valence-corrected chi connectivity index (χ4v) is 3.67. The summed E-state index contributed by atoms with van der Waals surface area (Å²) < 4.78 is 6.34. The Hall–Kier alpha value is -2.87. The summed E-state index contributed by atoms with van der Waals surface area (Å²) in [6.45, 7) is 0. The van der Waals surface area contributed by atoms with E-state index in [4.69, 9.17) is 4.74 Å². The second-order valence-electron chi connectivity index (χ2n) is 6.49. The molecule has 0 fully saturated rings. The summed E-state index contributed by atoms with van der Waals surface area (Å²) in [5, 5.41) is 9.62. The number of methoxy groups -OCH3 is 1. The normalized spacial score (nSPS) is 11.5. The standard InChI is InChI=1S/C23H20INO4/c1-29-23(28)18-9-7-16(8-10-18)15-21(17-11-13-20(26)14-12-17)22(27)25(24)19-5-3-2-4-6-19/h2-14,21,26H,15H2,1H3. The summed E-state index contributed by atoms with van der Waals surface area (Å²) in [5.74, 6) is -0.766. The number of ether oxygens (including phenoxy) is 1. The third-order valence-corrected chi connectivity index (χ3v) is 5.62. The van der Waals surface area contributed by atoms with E-state index >= 15 is 0 Å². The third-order valence-electron chi connectivity index (χ3n) is 4.58. The summed E-state index contributed by atoms with van der Waals surface area (Å²) in [6, 6.07) is 23.1. The molecule has 0 spiro atoms. The van der Waals surface area contributed by atoms with Crippen molar-refractivity contribution in [3.63, 3.8) is 0 Å². The number of amides is 1. The quantitative estimate of drug-likeness (QED) is 0.297. The number of hydrogen-bond acceptors (Lipinski definition) is 4. The first kappa shape index (κ1) is 20.9. The van der Waals surface area contributed by atoms with Crippen LogP contribution in [0, 0.1) is 0 Å². The van der Waals surface area contributed by atoms with E-state index in [0.717, 1.165) is 16.8 Å². The molecule has 0 saturated heterocycles. The van der Waals surface area contributed by atoms with E-state index in [1.807, 2.05) is 65.3 Å². The lowest BCUT2D eigenvalue weighted by molar-refractivity contribution is -0.118. The van der Waals surface area contributed by atoms with Crippen LogP contribution in [0.3, 0.4) is 0 Å². The number of nitrogens with zero attached hydrogens (tertiary/aromatic N) is 1. The van der Waals surface area contributed by atoms with Gasteiger partial charge in [-0.2, -0.15) is 0 Å². The third kappa shape index (κ3) is 5.14. The minimum absolute atomic E-state index is 0.0699. The second kappa shape index (κ2) is 9.56. The lowest BCUT2D eigenvalue weighted by Gasteiger charge is -2.23. The average Bonchev–Trinajstić information content (AvgIpc) is 2.77. The van der Waals surface area contributed by atoms with Gasteiger partial charge in [-0.3, -0.25) is 7.91 Å². The van der Waals surface area contributed by atoms with Crippen molar-refractivity contribution in [2.24, 2.45) is 0 Å². The van der Waals surface area contributed by atoms with Crippen molar-refractivity contribution in [1.29, 1.82) is 0 Å². The Balaban J connectivity index is 1.90. The van der Waals surface area contributed by atoms with Gasteiger partial charge in [0.2, 0.25) is 5.91 Å². The number of esters is 1. The molecule has 3 rings (SSSR count). The van der Waals surface area contributed by atoms with Gasteiger partial charge in [0.05, 0.1) is 47.1 Å². The predicted octanol–water partition coefficient (Wildman–Crippen LogP) is 4.89. The van der Waals surface area contributed by atoms with Crippen LogP contribution in [0.15, 0.2) is 78.9 Å². The van der Waals surface area contributed by atoms with Gasteiger partial charge in [0.25, 0.3) is 0 Å². The summed E-state index contributed by atoms with van der Waals surface area (Å²) >= 11 is 2.02. The van der Waals surface area contributed by atoms with Crippen molar-refractivity contribution in [1.82, 2.24) is 0 Å². The van der Waals surface area contributed by atoms with Gasteiger partial charge < -0.3 is 9.84 Å². The van der Waals surface area contributed by atoms with E-state index in [9.17, 15) is 14.7 Å². The monoisotopic (exact) mass is 501 g/mol. The van der Waals surface area contributed by atoms with Gasteiger partial charge in [0.15, 0.2) is 0 Å². The van der Waals surface area contributed by atoms with Crippen molar-refractivity contribution in [3.8, 4) is 5.75 Å². The number of aromatic hydroxyl groups is 1. The van der Waals surface area contributed by atoms with Crippen LogP contribution in [0.1, 0.15) is 27.4 Å². The van der Waals surface area contributed by atoms with Gasteiger partial charge in [-0.15, -0.1) is 0 Å². The fourth-order valence-electron chi connectivity index (χ4n) is 3.01. The number of rotatable bonds is 6. The van der Waals surface area contributed by atoms with Gasteiger partial charge >= 0.3 is 5.97 Å². The summed E-state index contributed by atoms with van der Waals surface area (Å²) in [4.78, 5) is 25.0. The molecule has 3 aromatic rings. The number of halogens is 1. The summed E-state index contributed by atoms with van der Waals surface area (Å²) in [7, 11) is 1.34. The molecule has 1 amide bonds. The maximum atomic E-state index is 13.3. The van der Waals surface area contributed by atoms with Gasteiger partial charge in [-0.05, 0) is 53.9 Å². The molecular weight excluding hydrogens is 481 g/mol. The SMILES string of the molecule is COC(=O)c1ccc(CC(C(=O)N(I)c2ccccc2)c2ccc(O)cc2)cc1. The number of phenolic OH excluding ortho intramolecular Hbond substituents is 1. The molecule has 0 heterocycles. The zero-order valence-corrected chi connectivity index (χ0v) is 17.9. The molecule has 1 unspecified atom stereocenters. The van der Waals surface area contributed by atoms with E-state index in [2.05, 4.69) is 0 Å². The lowest BCUT2D eigenvalue weighted by Crippen LogP contribution is -2.28. The number of carbonyl (C=O) groups excluding carboxylic acids is 2. The first-order valence-electron chi connectivity index (χ1n) is 9.00. The summed E-state index contributed by atoms with van der Waals surface area (Å²) in [5.41, 5.74) is 2.98. The van der Waals surface area contributed by atoms with E-state index < -0.39 is 11.9 Å². The molecule has 0 aliphatic carbocycles. The van der Waals surface area contributed by atoms with Crippen LogP contribution in [0.2, 0.25) is 0 Å². The topological polar surface area (TPSA) is 66.8 Å². The first-order chi connectivity index (χ1) is 14.0. The van der Waals surface area contributed by atoms with E-state index in [1.54, 1.807) is 39.5 Å². The second-order valence-corrected chi connectivity index (χ2v) is 7.46. The van der Waals surface area contributed by atoms with Gasteiger partial charge in [0, 0.05) is 0 Å². The first-order valence-corrected chi connectivity index (χ1v) is 9.97. The van der Waals surface area contributed by atoms with Crippen molar-refractivity contribution < 1.29 is 19.4 Å². The maximum Gasteiger partial charge on any atom is 0.337 e. The van der Waals surface area contributed by atoms with E-state index in [-0.39, 0.29) is 11.7 Å². The molecule has 0 aliphatic heterocycles. The number of hydrogen-bond donors (Lipinski definition) is 1. The molecule has 6 heteroatoms. The Bertz CT molecular complexity index is 972. The molecular formula is C23H20INO4. The highest BCUT2D eigenvalue weighted by molar-refractivity contribution is 14.1. The number of anilines is 1. The van der Waals surface area contributed by atoms with Crippen LogP contribution < -0.4 is 3.11 Å². The number of carbonyl (C=O) groups is 2. The van der Waals surface area contributed by atoms with Gasteiger partial charge in [0.1, 0.15) is 5.75 Å². The lowest BCUT2D eigenvalue weighted by atomic mass is 9.90. The van der Waals surface area contributed by atoms with Crippen LogP contribution in [-0.2, 0) is 16.0 Å². The van der Waals surface area contributed by atoms with Crippen LogP contribution in [-0.4, -0.2) is 24.1 Å². The number of benzene rings is 3. The van der Waals surface area contributed by atoms with Crippen LogP contribution >= 0.6 is 22.9 Å². The van der Waals surface area contributed by atoms with Crippen LogP contribution in [0.4, 0.5) is 5.69 Å². The predicted molar refractivity (Wildman–Crippen MR) is 120 cm³/mol. The number of phenols is 1. The van der Waals surface area contributed by atoms with Crippen LogP contribution in [0.25, 0.3) is 0 Å². The molecule has 29 heavy (non-hydrogen) atoms. The molecule has 1 atom stereocenters. The van der Waals surface area contributed by atoms with E-state index in [1.165, 1.54) is 7.11 Å². The summed E-state index contributed by atoms with van der Waals surface area (Å²) in [6.07, 6.45) is 0.456. The molecule has 1 N–H and O–H groups in total. The molecule has 148 valence electrons. The van der Waals surface area contributed by atoms with Gasteiger partial charge in [-0.25, -0.2) is 4.79 Å². The molecule has 0 aromatic heterocycles. The number of para-hydroxylation sites is 1. The minimum Gasteiger partial charge on any atom is -0.508 e. The van der Waals surface area contributed by atoms with E-state index in [0.29, 0.717) is 12.0 Å². The Labute approximate surface area is 183 Å². The fraction of sp³-hybridized carbons (Fsp3) is 0.130. The molecule has 0 radical (unpaired) electrons. The highest BCUT2D eigenvalue weighted by atomic mass is 127. The highest BCUT2D eigenvalue weighted by Gasteiger charge is 2.26.